The smallest absolute Gasteiger partial charge is 0.277 e. The SMILES string of the molecule is Cc1cc[nH]c1CCNC(=O)CCN1CNc2c1nc(N)[nH]c2=O. The summed E-state index contributed by atoms with van der Waals surface area (Å²) in [6.45, 7) is 3.51. The lowest BCUT2D eigenvalue weighted by Crippen LogP contribution is -2.32. The maximum Gasteiger partial charge on any atom is 0.277 e. The molecule has 2 aromatic rings. The van der Waals surface area contributed by atoms with Crippen molar-refractivity contribution in [2.24, 2.45) is 0 Å². The molecule has 9 heteroatoms. The summed E-state index contributed by atoms with van der Waals surface area (Å²) >= 11 is 0. The summed E-state index contributed by atoms with van der Waals surface area (Å²) in [5.41, 5.74) is 7.99. The molecule has 24 heavy (non-hydrogen) atoms. The van der Waals surface area contributed by atoms with E-state index >= 15 is 0 Å². The van der Waals surface area contributed by atoms with E-state index in [2.05, 4.69) is 25.6 Å². The van der Waals surface area contributed by atoms with Crippen LogP contribution in [0, 0.1) is 6.92 Å². The number of nitrogens with one attached hydrogen (secondary N) is 4. The molecule has 0 unspecified atom stereocenters. The minimum absolute atomic E-state index is 0.0366. The fourth-order valence-corrected chi connectivity index (χ4v) is 2.70. The zero-order chi connectivity index (χ0) is 17.1. The second-order valence-electron chi connectivity index (χ2n) is 5.74. The first-order chi connectivity index (χ1) is 11.5. The minimum atomic E-state index is -0.300. The van der Waals surface area contributed by atoms with Gasteiger partial charge in [-0.3, -0.25) is 14.6 Å². The molecular formula is C15H21N7O2. The van der Waals surface area contributed by atoms with Gasteiger partial charge < -0.3 is 26.3 Å². The summed E-state index contributed by atoms with van der Waals surface area (Å²) in [4.78, 5) is 35.3. The van der Waals surface area contributed by atoms with Crippen LogP contribution in [0.2, 0.25) is 0 Å². The van der Waals surface area contributed by atoms with Crippen LogP contribution in [0.4, 0.5) is 17.5 Å². The predicted molar refractivity (Wildman–Crippen MR) is 92.0 cm³/mol. The Morgan fingerprint density at radius 3 is 3.08 bits per heavy atom. The van der Waals surface area contributed by atoms with Crippen molar-refractivity contribution in [2.75, 3.05) is 35.7 Å². The van der Waals surface area contributed by atoms with Crippen LogP contribution in [-0.4, -0.2) is 40.6 Å². The predicted octanol–water partition coefficient (Wildman–Crippen LogP) is -0.0730. The van der Waals surface area contributed by atoms with Crippen LogP contribution in [0.1, 0.15) is 17.7 Å². The Morgan fingerprint density at radius 2 is 2.33 bits per heavy atom. The molecule has 3 rings (SSSR count). The van der Waals surface area contributed by atoms with Gasteiger partial charge in [0.05, 0.1) is 6.67 Å². The number of aryl methyl sites for hydroxylation is 1. The second kappa shape index (κ2) is 6.65. The van der Waals surface area contributed by atoms with Gasteiger partial charge in [0.2, 0.25) is 11.9 Å². The standard InChI is InChI=1S/C15H21N7O2/c1-9-2-5-17-10(9)3-6-18-11(23)4-7-22-8-19-12-13(22)20-15(16)21-14(12)24/h2,5,17,19H,3-4,6-8H2,1H3,(H,18,23)(H3,16,20,21,24). The first-order valence-electron chi connectivity index (χ1n) is 7.83. The topological polar surface area (TPSA) is 132 Å². The molecule has 0 saturated carbocycles. The van der Waals surface area contributed by atoms with Crippen LogP contribution in [0.25, 0.3) is 0 Å². The molecule has 128 valence electrons. The Balaban J connectivity index is 1.48. The van der Waals surface area contributed by atoms with E-state index in [1.54, 1.807) is 0 Å². The zero-order valence-electron chi connectivity index (χ0n) is 13.5. The van der Waals surface area contributed by atoms with Gasteiger partial charge in [0.15, 0.2) is 5.82 Å². The van der Waals surface area contributed by atoms with Gasteiger partial charge in [0.1, 0.15) is 5.69 Å². The fourth-order valence-electron chi connectivity index (χ4n) is 2.70. The largest absolute Gasteiger partial charge is 0.369 e. The van der Waals surface area contributed by atoms with E-state index in [1.807, 2.05) is 24.1 Å². The molecule has 1 amide bonds. The summed E-state index contributed by atoms with van der Waals surface area (Å²) in [6.07, 6.45) is 2.98. The van der Waals surface area contributed by atoms with Gasteiger partial charge in [-0.2, -0.15) is 4.98 Å². The number of aromatic amines is 2. The number of nitrogens with two attached hydrogens (primary N) is 1. The number of carbonyl (C=O) groups excluding carboxylic acids is 1. The van der Waals surface area contributed by atoms with Gasteiger partial charge in [0, 0.05) is 37.8 Å². The van der Waals surface area contributed by atoms with Crippen molar-refractivity contribution in [1.82, 2.24) is 20.3 Å². The molecule has 0 aliphatic carbocycles. The van der Waals surface area contributed by atoms with E-state index in [4.69, 9.17) is 5.73 Å². The van der Waals surface area contributed by atoms with Crippen LogP contribution in [-0.2, 0) is 11.2 Å². The van der Waals surface area contributed by atoms with Crippen LogP contribution in [0.5, 0.6) is 0 Å². The van der Waals surface area contributed by atoms with Crippen LogP contribution >= 0.6 is 0 Å². The van der Waals surface area contributed by atoms with E-state index < -0.39 is 0 Å². The third kappa shape index (κ3) is 3.34. The van der Waals surface area contributed by atoms with Crippen molar-refractivity contribution in [3.63, 3.8) is 0 Å². The molecule has 0 bridgehead atoms. The number of H-pyrrole nitrogens is 2. The highest BCUT2D eigenvalue weighted by molar-refractivity contribution is 5.77. The molecule has 0 radical (unpaired) electrons. The highest BCUT2D eigenvalue weighted by Gasteiger charge is 2.23. The normalized spacial score (nSPS) is 12.8. The first-order valence-corrected chi connectivity index (χ1v) is 7.83. The summed E-state index contributed by atoms with van der Waals surface area (Å²) in [6, 6.07) is 2.01. The Hall–Kier alpha value is -2.97. The molecule has 0 saturated heterocycles. The molecule has 1 aliphatic heterocycles. The number of amides is 1. The molecule has 0 aromatic carbocycles. The Kier molecular flexibility index (Phi) is 4.41. The highest BCUT2D eigenvalue weighted by atomic mass is 16.1. The monoisotopic (exact) mass is 331 g/mol. The second-order valence-corrected chi connectivity index (χ2v) is 5.74. The van der Waals surface area contributed by atoms with Crippen molar-refractivity contribution in [2.45, 2.75) is 19.8 Å². The van der Waals surface area contributed by atoms with Crippen molar-refractivity contribution in [3.05, 3.63) is 33.9 Å². The Morgan fingerprint density at radius 1 is 1.50 bits per heavy atom. The number of hydrogen-bond acceptors (Lipinski definition) is 6. The molecule has 0 atom stereocenters. The van der Waals surface area contributed by atoms with Gasteiger partial charge in [-0.05, 0) is 18.6 Å². The van der Waals surface area contributed by atoms with Gasteiger partial charge in [-0.1, -0.05) is 0 Å². The van der Waals surface area contributed by atoms with E-state index in [0.29, 0.717) is 37.7 Å². The number of carbonyl (C=O) groups is 1. The minimum Gasteiger partial charge on any atom is -0.369 e. The van der Waals surface area contributed by atoms with Crippen molar-refractivity contribution in [3.8, 4) is 0 Å². The summed E-state index contributed by atoms with van der Waals surface area (Å²) in [5.74, 6) is 0.523. The molecule has 2 aromatic heterocycles. The van der Waals surface area contributed by atoms with Gasteiger partial charge in [0.25, 0.3) is 5.56 Å². The zero-order valence-corrected chi connectivity index (χ0v) is 13.5. The van der Waals surface area contributed by atoms with Gasteiger partial charge in [-0.15, -0.1) is 0 Å². The average Bonchev–Trinajstić information content (AvgIpc) is 3.12. The Labute approximate surface area is 138 Å². The number of anilines is 3. The van der Waals surface area contributed by atoms with E-state index in [-0.39, 0.29) is 17.4 Å². The molecular weight excluding hydrogens is 310 g/mol. The number of nitrogen functional groups attached to an aromatic ring is 1. The van der Waals surface area contributed by atoms with Gasteiger partial charge in [-0.25, -0.2) is 0 Å². The summed E-state index contributed by atoms with van der Waals surface area (Å²) in [5, 5.41) is 5.87. The number of nitrogens with zero attached hydrogens (tertiary/aromatic N) is 2. The fraction of sp³-hybridized carbons (Fsp3) is 0.400. The lowest BCUT2D eigenvalue weighted by atomic mass is 10.2. The summed E-state index contributed by atoms with van der Waals surface area (Å²) in [7, 11) is 0. The molecule has 0 spiro atoms. The van der Waals surface area contributed by atoms with Gasteiger partial charge >= 0.3 is 0 Å². The average molecular weight is 331 g/mol. The molecule has 1 aliphatic rings. The number of rotatable bonds is 6. The number of fused-ring (bicyclic) bond motifs is 1. The number of hydrogen-bond donors (Lipinski definition) is 5. The quantitative estimate of drug-likeness (QED) is 0.503. The van der Waals surface area contributed by atoms with Crippen molar-refractivity contribution >= 4 is 23.4 Å². The highest BCUT2D eigenvalue weighted by Crippen LogP contribution is 2.25. The maximum atomic E-state index is 12.0. The van der Waals surface area contributed by atoms with Crippen LogP contribution < -0.4 is 26.8 Å². The molecule has 0 fully saturated rings. The van der Waals surface area contributed by atoms with Crippen LogP contribution in [0.3, 0.4) is 0 Å². The van der Waals surface area contributed by atoms with Crippen LogP contribution in [0.15, 0.2) is 17.1 Å². The third-order valence-electron chi connectivity index (χ3n) is 4.04. The lowest BCUT2D eigenvalue weighted by molar-refractivity contribution is -0.120. The lowest BCUT2D eigenvalue weighted by Gasteiger charge is -2.16. The van der Waals surface area contributed by atoms with Crippen molar-refractivity contribution < 1.29 is 4.79 Å². The van der Waals surface area contributed by atoms with E-state index in [9.17, 15) is 9.59 Å². The number of aromatic nitrogens is 3. The third-order valence-corrected chi connectivity index (χ3v) is 4.04. The molecule has 3 heterocycles. The Bertz CT molecular complexity index is 795. The first kappa shape index (κ1) is 15.9. The maximum absolute atomic E-state index is 12.0. The molecule has 9 nitrogen and oxygen atoms in total. The van der Waals surface area contributed by atoms with E-state index in [0.717, 1.165) is 12.1 Å². The summed E-state index contributed by atoms with van der Waals surface area (Å²) < 4.78 is 0. The molecule has 6 N–H and O–H groups in total. The van der Waals surface area contributed by atoms with E-state index in [1.165, 1.54) is 5.56 Å². The van der Waals surface area contributed by atoms with Crippen molar-refractivity contribution in [1.29, 1.82) is 0 Å².